The van der Waals surface area contributed by atoms with Gasteiger partial charge in [-0.25, -0.2) is 9.38 Å². The van der Waals surface area contributed by atoms with Gasteiger partial charge in [-0.2, -0.15) is 0 Å². The first kappa shape index (κ1) is 20.7. The van der Waals surface area contributed by atoms with Crippen molar-refractivity contribution in [3.05, 3.63) is 52.7 Å². The molecule has 3 rings (SSSR count). The number of amides is 1. The Labute approximate surface area is 173 Å². The normalized spacial score (nSPS) is 16.6. The summed E-state index contributed by atoms with van der Waals surface area (Å²) in [7, 11) is 4.64. The zero-order valence-electron chi connectivity index (χ0n) is 16.6. The number of hydrogen-bond donors (Lipinski definition) is 0. The van der Waals surface area contributed by atoms with Gasteiger partial charge in [-0.15, -0.1) is 0 Å². The molecule has 0 atom stereocenters. The lowest BCUT2D eigenvalue weighted by atomic mass is 10.1. The molecule has 0 unspecified atom stereocenters. The molecule has 8 heteroatoms. The molecular weight excluding hydrogens is 395 g/mol. The van der Waals surface area contributed by atoms with Crippen molar-refractivity contribution in [2.75, 3.05) is 27.9 Å². The van der Waals surface area contributed by atoms with Crippen LogP contribution in [0, 0.1) is 5.82 Å². The second-order valence-corrected chi connectivity index (χ2v) is 6.99. The smallest absolute Gasteiger partial charge is 0.266 e. The van der Waals surface area contributed by atoms with Gasteiger partial charge in [0.1, 0.15) is 11.6 Å². The summed E-state index contributed by atoms with van der Waals surface area (Å²) in [5, 5.41) is 0.537. The third kappa shape index (κ3) is 4.37. The van der Waals surface area contributed by atoms with Crippen LogP contribution in [0.2, 0.25) is 0 Å². The van der Waals surface area contributed by atoms with Crippen LogP contribution in [0.3, 0.4) is 0 Å². The number of ether oxygens (including phenoxy) is 3. The molecule has 1 fully saturated rings. The van der Waals surface area contributed by atoms with E-state index in [-0.39, 0.29) is 11.7 Å². The highest BCUT2D eigenvalue weighted by Gasteiger charge is 2.32. The van der Waals surface area contributed by atoms with Crippen LogP contribution in [0.15, 0.2) is 46.3 Å². The molecular formula is C21H21FN2O4S. The molecule has 1 saturated heterocycles. The summed E-state index contributed by atoms with van der Waals surface area (Å²) in [4.78, 5) is 19.4. The van der Waals surface area contributed by atoms with Crippen LogP contribution < -0.4 is 14.2 Å². The number of rotatable bonds is 6. The van der Waals surface area contributed by atoms with E-state index in [2.05, 4.69) is 4.99 Å². The van der Waals surface area contributed by atoms with Crippen LogP contribution in [-0.2, 0) is 4.79 Å². The first-order valence-corrected chi connectivity index (χ1v) is 9.68. The molecule has 1 aliphatic heterocycles. The maximum absolute atomic E-state index is 13.1. The van der Waals surface area contributed by atoms with E-state index in [0.717, 1.165) is 0 Å². The van der Waals surface area contributed by atoms with E-state index in [1.807, 2.05) is 6.92 Å². The highest BCUT2D eigenvalue weighted by molar-refractivity contribution is 8.18. The van der Waals surface area contributed by atoms with E-state index >= 15 is 0 Å². The minimum atomic E-state index is -0.336. The average Bonchev–Trinajstić information content (AvgIpc) is 3.03. The van der Waals surface area contributed by atoms with Crippen LogP contribution >= 0.6 is 11.8 Å². The summed E-state index contributed by atoms with van der Waals surface area (Å²) in [5.74, 6) is 1.12. The third-order valence-corrected chi connectivity index (χ3v) is 5.28. The van der Waals surface area contributed by atoms with Gasteiger partial charge in [0.25, 0.3) is 5.91 Å². The van der Waals surface area contributed by atoms with Gasteiger partial charge in [0.15, 0.2) is 16.7 Å². The molecule has 0 bridgehead atoms. The fraction of sp³-hybridized carbons (Fsp3) is 0.238. The van der Waals surface area contributed by atoms with Crippen molar-refractivity contribution in [1.82, 2.24) is 4.90 Å². The standard InChI is InChI=1S/C21H21FN2O4S/c1-5-24-20(25)19(29-21(24)23-15-8-6-14(22)7-9-15)11-13-10-17(27-3)18(28-4)12-16(13)26-2/h6-12H,5H2,1-4H3/b19-11+,23-21?. The number of benzene rings is 2. The molecule has 1 amide bonds. The number of thioether (sulfide) groups is 1. The summed E-state index contributed by atoms with van der Waals surface area (Å²) in [5.41, 5.74) is 1.25. The summed E-state index contributed by atoms with van der Waals surface area (Å²) >= 11 is 1.25. The van der Waals surface area contributed by atoms with Gasteiger partial charge in [-0.1, -0.05) is 0 Å². The Bertz CT molecular complexity index is 973. The van der Waals surface area contributed by atoms with Crippen molar-refractivity contribution in [3.8, 4) is 17.2 Å². The predicted octanol–water partition coefficient (Wildman–Crippen LogP) is 4.48. The molecule has 0 aromatic heterocycles. The van der Waals surface area contributed by atoms with Crippen LogP contribution in [-0.4, -0.2) is 43.8 Å². The van der Waals surface area contributed by atoms with Crippen LogP contribution in [0.5, 0.6) is 17.2 Å². The zero-order valence-corrected chi connectivity index (χ0v) is 17.4. The number of methoxy groups -OCH3 is 3. The Morgan fingerprint density at radius 1 is 1.03 bits per heavy atom. The van der Waals surface area contributed by atoms with E-state index in [0.29, 0.717) is 45.1 Å². The number of carbonyl (C=O) groups is 1. The Hall–Kier alpha value is -3.00. The highest BCUT2D eigenvalue weighted by atomic mass is 32.2. The van der Waals surface area contributed by atoms with Crippen LogP contribution in [0.4, 0.5) is 10.1 Å². The van der Waals surface area contributed by atoms with Gasteiger partial charge in [-0.05, 0) is 55.1 Å². The number of amidine groups is 1. The quantitative estimate of drug-likeness (QED) is 0.650. The Kier molecular flexibility index (Phi) is 6.43. The fourth-order valence-corrected chi connectivity index (χ4v) is 3.86. The SMILES string of the molecule is CCN1C(=O)/C(=C\c2cc(OC)c(OC)cc2OC)SC1=Nc1ccc(F)cc1. The predicted molar refractivity (Wildman–Crippen MR) is 113 cm³/mol. The highest BCUT2D eigenvalue weighted by Crippen LogP contribution is 2.39. The van der Waals surface area contributed by atoms with Gasteiger partial charge in [-0.3, -0.25) is 9.69 Å². The maximum atomic E-state index is 13.1. The molecule has 0 radical (unpaired) electrons. The molecule has 2 aromatic rings. The first-order chi connectivity index (χ1) is 14.0. The van der Waals surface area contributed by atoms with Crippen molar-refractivity contribution in [2.45, 2.75) is 6.92 Å². The molecule has 6 nitrogen and oxygen atoms in total. The van der Waals surface area contributed by atoms with E-state index in [4.69, 9.17) is 14.2 Å². The van der Waals surface area contributed by atoms with Crippen molar-refractivity contribution < 1.29 is 23.4 Å². The Balaban J connectivity index is 2.00. The van der Waals surface area contributed by atoms with E-state index < -0.39 is 0 Å². The largest absolute Gasteiger partial charge is 0.496 e. The second kappa shape index (κ2) is 9.00. The van der Waals surface area contributed by atoms with E-state index in [9.17, 15) is 9.18 Å². The molecule has 0 spiro atoms. The lowest BCUT2D eigenvalue weighted by Gasteiger charge is -2.13. The number of nitrogens with zero attached hydrogens (tertiary/aromatic N) is 2. The van der Waals surface area contributed by atoms with Gasteiger partial charge in [0.2, 0.25) is 0 Å². The van der Waals surface area contributed by atoms with Gasteiger partial charge >= 0.3 is 0 Å². The van der Waals surface area contributed by atoms with Gasteiger partial charge < -0.3 is 14.2 Å². The monoisotopic (exact) mass is 416 g/mol. The number of hydrogen-bond acceptors (Lipinski definition) is 6. The lowest BCUT2D eigenvalue weighted by Crippen LogP contribution is -2.28. The average molecular weight is 416 g/mol. The maximum Gasteiger partial charge on any atom is 0.266 e. The van der Waals surface area contributed by atoms with Crippen molar-refractivity contribution in [2.24, 2.45) is 4.99 Å². The Morgan fingerprint density at radius 3 is 2.24 bits per heavy atom. The summed E-state index contributed by atoms with van der Waals surface area (Å²) < 4.78 is 29.2. The van der Waals surface area contributed by atoms with E-state index in [1.54, 1.807) is 56.6 Å². The van der Waals surface area contributed by atoms with E-state index in [1.165, 1.54) is 23.9 Å². The molecule has 0 saturated carbocycles. The van der Waals surface area contributed by atoms with Crippen molar-refractivity contribution in [3.63, 3.8) is 0 Å². The molecule has 1 heterocycles. The number of carbonyl (C=O) groups excluding carboxylic acids is 1. The number of halogens is 1. The number of aliphatic imine (C=N–C) groups is 1. The Morgan fingerprint density at radius 2 is 1.66 bits per heavy atom. The third-order valence-electron chi connectivity index (χ3n) is 4.28. The van der Waals surface area contributed by atoms with Gasteiger partial charge in [0.05, 0.1) is 31.9 Å². The molecule has 2 aromatic carbocycles. The summed E-state index contributed by atoms with van der Waals surface area (Å²) in [6.45, 7) is 2.34. The molecule has 0 aliphatic carbocycles. The summed E-state index contributed by atoms with van der Waals surface area (Å²) in [6, 6.07) is 9.27. The topological polar surface area (TPSA) is 60.4 Å². The second-order valence-electron chi connectivity index (χ2n) is 5.98. The molecule has 152 valence electrons. The van der Waals surface area contributed by atoms with Crippen LogP contribution in [0.1, 0.15) is 12.5 Å². The lowest BCUT2D eigenvalue weighted by molar-refractivity contribution is -0.122. The van der Waals surface area contributed by atoms with Gasteiger partial charge in [0, 0.05) is 18.2 Å². The molecule has 29 heavy (non-hydrogen) atoms. The van der Waals surface area contributed by atoms with Crippen molar-refractivity contribution >= 4 is 34.6 Å². The minimum Gasteiger partial charge on any atom is -0.496 e. The zero-order chi connectivity index (χ0) is 21.0. The number of likely N-dealkylation sites (N-methyl/N-ethyl adjacent to an activating group) is 1. The first-order valence-electron chi connectivity index (χ1n) is 8.86. The summed E-state index contributed by atoms with van der Waals surface area (Å²) in [6.07, 6.45) is 1.74. The molecule has 1 aliphatic rings. The fourth-order valence-electron chi connectivity index (χ4n) is 2.80. The minimum absolute atomic E-state index is 0.157. The molecule has 0 N–H and O–H groups in total. The van der Waals surface area contributed by atoms with Crippen molar-refractivity contribution in [1.29, 1.82) is 0 Å². The van der Waals surface area contributed by atoms with Crippen LogP contribution in [0.25, 0.3) is 6.08 Å².